The van der Waals surface area contributed by atoms with E-state index < -0.39 is 5.97 Å². The van der Waals surface area contributed by atoms with E-state index in [0.29, 0.717) is 18.1 Å². The SMILES string of the molecule is O=C(O)CN(CC1CC1)C(=O)c1cn2ccccc2n1. The van der Waals surface area contributed by atoms with Crippen molar-refractivity contribution in [1.82, 2.24) is 14.3 Å². The smallest absolute Gasteiger partial charge is 0.323 e. The summed E-state index contributed by atoms with van der Waals surface area (Å²) in [5.41, 5.74) is 0.968. The van der Waals surface area contributed by atoms with Crippen molar-refractivity contribution >= 4 is 17.5 Å². The Hall–Kier alpha value is -2.37. The van der Waals surface area contributed by atoms with Crippen molar-refractivity contribution in [1.29, 1.82) is 0 Å². The predicted octanol–water partition coefficient (Wildman–Crippen LogP) is 1.27. The van der Waals surface area contributed by atoms with Crippen molar-refractivity contribution in [2.45, 2.75) is 12.8 Å². The average Bonchev–Trinajstić information content (AvgIpc) is 3.12. The summed E-state index contributed by atoms with van der Waals surface area (Å²) in [4.78, 5) is 28.9. The number of nitrogens with zero attached hydrogens (tertiary/aromatic N) is 3. The molecule has 1 fully saturated rings. The first-order valence-electron chi connectivity index (χ1n) is 6.58. The van der Waals surface area contributed by atoms with E-state index in [1.807, 2.05) is 18.3 Å². The molecule has 0 unspecified atom stereocenters. The zero-order chi connectivity index (χ0) is 14.1. The van der Waals surface area contributed by atoms with E-state index in [9.17, 15) is 9.59 Å². The second-order valence-corrected chi connectivity index (χ2v) is 5.12. The molecule has 6 heteroatoms. The van der Waals surface area contributed by atoms with Crippen LogP contribution in [0.4, 0.5) is 0 Å². The number of hydrogen-bond donors (Lipinski definition) is 1. The number of rotatable bonds is 5. The molecule has 1 saturated carbocycles. The summed E-state index contributed by atoms with van der Waals surface area (Å²) in [6, 6.07) is 5.50. The number of carboxylic acids is 1. The van der Waals surface area contributed by atoms with Gasteiger partial charge in [-0.1, -0.05) is 6.07 Å². The van der Waals surface area contributed by atoms with Crippen LogP contribution in [0, 0.1) is 5.92 Å². The van der Waals surface area contributed by atoms with Gasteiger partial charge >= 0.3 is 5.97 Å². The van der Waals surface area contributed by atoms with Crippen molar-refractivity contribution in [3.63, 3.8) is 0 Å². The van der Waals surface area contributed by atoms with Gasteiger partial charge in [0.15, 0.2) is 0 Å². The Morgan fingerprint density at radius 3 is 2.85 bits per heavy atom. The molecule has 6 nitrogen and oxygen atoms in total. The highest BCUT2D eigenvalue weighted by Crippen LogP contribution is 2.30. The van der Waals surface area contributed by atoms with Crippen LogP contribution in [0.15, 0.2) is 30.6 Å². The number of aromatic nitrogens is 2. The van der Waals surface area contributed by atoms with Gasteiger partial charge in [0.1, 0.15) is 17.9 Å². The van der Waals surface area contributed by atoms with E-state index in [1.54, 1.807) is 16.7 Å². The first kappa shape index (κ1) is 12.7. The summed E-state index contributed by atoms with van der Waals surface area (Å²) in [6.45, 7) is 0.224. The number of carboxylic acid groups (broad SMARTS) is 1. The number of pyridine rings is 1. The van der Waals surface area contributed by atoms with E-state index in [1.165, 1.54) is 4.90 Å². The molecule has 1 N–H and O–H groups in total. The molecule has 1 aliphatic carbocycles. The van der Waals surface area contributed by atoms with Crippen LogP contribution in [-0.2, 0) is 4.79 Å². The molecule has 2 aromatic rings. The van der Waals surface area contributed by atoms with E-state index in [4.69, 9.17) is 5.11 Å². The molecule has 0 saturated heterocycles. The molecule has 1 aliphatic rings. The molecule has 0 bridgehead atoms. The predicted molar refractivity (Wildman–Crippen MR) is 71.5 cm³/mol. The van der Waals surface area contributed by atoms with Crippen LogP contribution >= 0.6 is 0 Å². The number of hydrogen-bond acceptors (Lipinski definition) is 3. The highest BCUT2D eigenvalue weighted by molar-refractivity contribution is 5.94. The Balaban J connectivity index is 1.84. The maximum Gasteiger partial charge on any atom is 0.323 e. The fourth-order valence-electron chi connectivity index (χ4n) is 2.19. The standard InChI is InChI=1S/C14H15N3O3/c18-13(19)9-17(7-10-4-5-10)14(20)11-8-16-6-2-1-3-12(16)15-11/h1-3,6,8,10H,4-5,7,9H2,(H,18,19). The third-order valence-corrected chi connectivity index (χ3v) is 3.37. The first-order valence-corrected chi connectivity index (χ1v) is 6.58. The number of amides is 1. The summed E-state index contributed by atoms with van der Waals surface area (Å²) in [7, 11) is 0. The molecule has 0 atom stereocenters. The Morgan fingerprint density at radius 1 is 1.40 bits per heavy atom. The minimum atomic E-state index is -0.997. The highest BCUT2D eigenvalue weighted by Gasteiger charge is 2.29. The Labute approximate surface area is 115 Å². The fraction of sp³-hybridized carbons (Fsp3) is 0.357. The van der Waals surface area contributed by atoms with Crippen LogP contribution < -0.4 is 0 Å². The molecule has 2 heterocycles. The Kier molecular flexibility index (Phi) is 3.14. The van der Waals surface area contributed by atoms with Gasteiger partial charge in [0, 0.05) is 18.9 Å². The van der Waals surface area contributed by atoms with E-state index in [0.717, 1.165) is 12.8 Å². The van der Waals surface area contributed by atoms with Crippen molar-refractivity contribution in [2.24, 2.45) is 5.92 Å². The van der Waals surface area contributed by atoms with Gasteiger partial charge in [0.2, 0.25) is 0 Å². The number of carbonyl (C=O) groups is 2. The van der Waals surface area contributed by atoms with Crippen molar-refractivity contribution in [2.75, 3.05) is 13.1 Å². The summed E-state index contributed by atoms with van der Waals surface area (Å²) in [5, 5.41) is 8.93. The number of carbonyl (C=O) groups excluding carboxylic acids is 1. The van der Waals surface area contributed by atoms with Crippen molar-refractivity contribution < 1.29 is 14.7 Å². The highest BCUT2D eigenvalue weighted by atomic mass is 16.4. The topological polar surface area (TPSA) is 74.9 Å². The summed E-state index contributed by atoms with van der Waals surface area (Å²) in [5.74, 6) is -0.874. The normalized spacial score (nSPS) is 14.4. The zero-order valence-electron chi connectivity index (χ0n) is 10.9. The second-order valence-electron chi connectivity index (χ2n) is 5.12. The van der Waals surface area contributed by atoms with Crippen LogP contribution in [0.3, 0.4) is 0 Å². The largest absolute Gasteiger partial charge is 0.480 e. The maximum atomic E-state index is 12.4. The minimum absolute atomic E-state index is 0.275. The average molecular weight is 273 g/mol. The summed E-state index contributed by atoms with van der Waals surface area (Å²) in [6.07, 6.45) is 5.57. The van der Waals surface area contributed by atoms with E-state index in [2.05, 4.69) is 4.98 Å². The van der Waals surface area contributed by atoms with Crippen molar-refractivity contribution in [3.8, 4) is 0 Å². The summed E-state index contributed by atoms with van der Waals surface area (Å²) < 4.78 is 1.75. The Bertz CT molecular complexity index is 627. The lowest BCUT2D eigenvalue weighted by Crippen LogP contribution is -2.37. The van der Waals surface area contributed by atoms with Gasteiger partial charge in [-0.3, -0.25) is 9.59 Å². The number of fused-ring (bicyclic) bond motifs is 1. The molecule has 3 rings (SSSR count). The third kappa shape index (κ3) is 2.64. The van der Waals surface area contributed by atoms with Gasteiger partial charge in [0.25, 0.3) is 5.91 Å². The molecule has 104 valence electrons. The van der Waals surface area contributed by atoms with Gasteiger partial charge in [-0.25, -0.2) is 4.98 Å². The lowest BCUT2D eigenvalue weighted by Gasteiger charge is -2.19. The molecule has 0 spiro atoms. The first-order chi connectivity index (χ1) is 9.63. The molecule has 0 aliphatic heterocycles. The lowest BCUT2D eigenvalue weighted by molar-refractivity contribution is -0.137. The van der Waals surface area contributed by atoms with Gasteiger partial charge < -0.3 is 14.4 Å². The minimum Gasteiger partial charge on any atom is -0.480 e. The van der Waals surface area contributed by atoms with Crippen LogP contribution in [0.5, 0.6) is 0 Å². The fourth-order valence-corrected chi connectivity index (χ4v) is 2.19. The van der Waals surface area contributed by atoms with E-state index in [-0.39, 0.29) is 18.1 Å². The van der Waals surface area contributed by atoms with Gasteiger partial charge in [-0.15, -0.1) is 0 Å². The third-order valence-electron chi connectivity index (χ3n) is 3.37. The van der Waals surface area contributed by atoms with Crippen LogP contribution in [0.25, 0.3) is 5.65 Å². The molecular weight excluding hydrogens is 258 g/mol. The zero-order valence-corrected chi connectivity index (χ0v) is 10.9. The van der Waals surface area contributed by atoms with Gasteiger partial charge in [-0.05, 0) is 30.9 Å². The van der Waals surface area contributed by atoms with Crippen LogP contribution in [0.1, 0.15) is 23.3 Å². The van der Waals surface area contributed by atoms with Crippen LogP contribution in [-0.4, -0.2) is 44.4 Å². The molecule has 2 aromatic heterocycles. The maximum absolute atomic E-state index is 12.4. The number of imidazole rings is 1. The quantitative estimate of drug-likeness (QED) is 0.890. The Morgan fingerprint density at radius 2 is 2.20 bits per heavy atom. The van der Waals surface area contributed by atoms with Crippen LogP contribution in [0.2, 0.25) is 0 Å². The monoisotopic (exact) mass is 273 g/mol. The lowest BCUT2D eigenvalue weighted by atomic mass is 10.3. The van der Waals surface area contributed by atoms with Gasteiger partial charge in [0.05, 0.1) is 0 Å². The van der Waals surface area contributed by atoms with Gasteiger partial charge in [-0.2, -0.15) is 0 Å². The second kappa shape index (κ2) is 4.96. The van der Waals surface area contributed by atoms with E-state index >= 15 is 0 Å². The van der Waals surface area contributed by atoms with Crippen molar-refractivity contribution in [3.05, 3.63) is 36.3 Å². The summed E-state index contributed by atoms with van der Waals surface area (Å²) >= 11 is 0. The molecule has 0 radical (unpaired) electrons. The number of aliphatic carboxylic acids is 1. The molecule has 0 aromatic carbocycles. The molecular formula is C14H15N3O3. The molecule has 1 amide bonds. The molecule has 20 heavy (non-hydrogen) atoms.